The second kappa shape index (κ2) is 4.06. The fourth-order valence-corrected chi connectivity index (χ4v) is 2.21. The number of aryl methyl sites for hydroxylation is 1. The van der Waals surface area contributed by atoms with Gasteiger partial charge in [-0.25, -0.2) is 0 Å². The first-order valence-corrected chi connectivity index (χ1v) is 5.89. The minimum atomic E-state index is 1.28. The summed E-state index contributed by atoms with van der Waals surface area (Å²) in [5, 5.41) is 0. The molecule has 0 unspecified atom stereocenters. The fraction of sp³-hybridized carbons (Fsp3) is 0.0588. The zero-order valence-electron chi connectivity index (χ0n) is 9.85. The molecule has 0 N–H and O–H groups in total. The van der Waals surface area contributed by atoms with Crippen molar-refractivity contribution in [3.05, 3.63) is 72.3 Å². The zero-order valence-corrected chi connectivity index (χ0v) is 9.85. The molecule has 0 aliphatic heterocycles. The van der Waals surface area contributed by atoms with E-state index in [1.54, 1.807) is 0 Å². The predicted molar refractivity (Wildman–Crippen MR) is 73.2 cm³/mol. The molecule has 0 fully saturated rings. The van der Waals surface area contributed by atoms with Crippen molar-refractivity contribution < 1.29 is 0 Å². The third kappa shape index (κ3) is 1.83. The molecule has 3 rings (SSSR count). The topological polar surface area (TPSA) is 0 Å². The van der Waals surface area contributed by atoms with E-state index in [2.05, 4.69) is 73.7 Å². The van der Waals surface area contributed by atoms with Crippen LogP contribution in [0.15, 0.2) is 66.7 Å². The summed E-state index contributed by atoms with van der Waals surface area (Å²) in [6.45, 7) is 2.12. The summed E-state index contributed by atoms with van der Waals surface area (Å²) >= 11 is 0. The molecular formula is C17H14. The lowest BCUT2D eigenvalue weighted by molar-refractivity contribution is 1.47. The molecule has 0 heterocycles. The van der Waals surface area contributed by atoms with Crippen molar-refractivity contribution in [3.63, 3.8) is 0 Å². The van der Waals surface area contributed by atoms with E-state index in [4.69, 9.17) is 0 Å². The molecule has 2 aliphatic carbocycles. The van der Waals surface area contributed by atoms with Crippen molar-refractivity contribution in [2.24, 2.45) is 0 Å². The Bertz CT molecular complexity index is 605. The molecule has 0 atom stereocenters. The van der Waals surface area contributed by atoms with Crippen LogP contribution >= 0.6 is 0 Å². The average molecular weight is 218 g/mol. The van der Waals surface area contributed by atoms with Crippen LogP contribution < -0.4 is 0 Å². The molecule has 0 heteroatoms. The second-order valence-corrected chi connectivity index (χ2v) is 4.39. The number of hydrogen-bond donors (Lipinski definition) is 0. The van der Waals surface area contributed by atoms with E-state index < -0.39 is 0 Å². The summed E-state index contributed by atoms with van der Waals surface area (Å²) in [4.78, 5) is 0. The largest absolute Gasteiger partial charge is 0.0616 e. The number of hydrogen-bond acceptors (Lipinski definition) is 0. The van der Waals surface area contributed by atoms with Gasteiger partial charge in [-0.05, 0) is 29.2 Å². The zero-order chi connectivity index (χ0) is 11.7. The molecule has 2 aliphatic rings. The van der Waals surface area contributed by atoms with Gasteiger partial charge in [0.05, 0.1) is 0 Å². The Labute approximate surface area is 102 Å². The molecule has 0 amide bonds. The van der Waals surface area contributed by atoms with Crippen LogP contribution in [0.1, 0.15) is 5.56 Å². The van der Waals surface area contributed by atoms with Crippen molar-refractivity contribution >= 4 is 0 Å². The monoisotopic (exact) mass is 218 g/mol. The van der Waals surface area contributed by atoms with E-state index in [-0.39, 0.29) is 0 Å². The quantitative estimate of drug-likeness (QED) is 0.552. The molecule has 82 valence electrons. The maximum Gasteiger partial charge on any atom is -0.0105 e. The lowest BCUT2D eigenvalue weighted by Crippen LogP contribution is -1.79. The molecule has 0 saturated carbocycles. The van der Waals surface area contributed by atoms with Crippen LogP contribution in [0.25, 0.3) is 22.3 Å². The van der Waals surface area contributed by atoms with Crippen LogP contribution in [0.2, 0.25) is 0 Å². The van der Waals surface area contributed by atoms with Crippen LogP contribution in [0, 0.1) is 6.92 Å². The Balaban J connectivity index is 2.22. The van der Waals surface area contributed by atoms with Crippen LogP contribution in [-0.2, 0) is 0 Å². The smallest absolute Gasteiger partial charge is 0.0105 e. The molecule has 0 nitrogen and oxygen atoms in total. The summed E-state index contributed by atoms with van der Waals surface area (Å²) in [7, 11) is 0. The van der Waals surface area contributed by atoms with Crippen molar-refractivity contribution in [1.29, 1.82) is 0 Å². The maximum absolute atomic E-state index is 2.19. The van der Waals surface area contributed by atoms with Gasteiger partial charge in [0.25, 0.3) is 0 Å². The van der Waals surface area contributed by atoms with Crippen molar-refractivity contribution in [2.45, 2.75) is 6.92 Å². The van der Waals surface area contributed by atoms with E-state index in [0.717, 1.165) is 0 Å². The van der Waals surface area contributed by atoms with Crippen LogP contribution in [0.5, 0.6) is 0 Å². The van der Waals surface area contributed by atoms with Gasteiger partial charge in [0, 0.05) is 0 Å². The van der Waals surface area contributed by atoms with Gasteiger partial charge in [0.15, 0.2) is 0 Å². The van der Waals surface area contributed by atoms with E-state index in [1.165, 1.54) is 27.8 Å². The molecule has 1 aromatic rings. The highest BCUT2D eigenvalue weighted by molar-refractivity contribution is 5.84. The first-order chi connectivity index (χ1) is 8.34. The Hall–Kier alpha value is -2.08. The van der Waals surface area contributed by atoms with Gasteiger partial charge in [0.1, 0.15) is 0 Å². The summed E-state index contributed by atoms with van der Waals surface area (Å²) in [6, 6.07) is 23.7. The molecule has 0 radical (unpaired) electrons. The minimum Gasteiger partial charge on any atom is -0.0616 e. The first kappa shape index (κ1) is 10.1. The normalized spacial score (nSPS) is 10.6. The molecule has 0 aromatic heterocycles. The maximum atomic E-state index is 2.19. The number of rotatable bonds is 1. The highest BCUT2D eigenvalue weighted by atomic mass is 14.1. The summed E-state index contributed by atoms with van der Waals surface area (Å²) in [5.41, 5.74) is 6.50. The summed E-state index contributed by atoms with van der Waals surface area (Å²) in [5.74, 6) is 0. The minimum absolute atomic E-state index is 1.28. The van der Waals surface area contributed by atoms with Crippen molar-refractivity contribution in [3.8, 4) is 22.3 Å². The van der Waals surface area contributed by atoms with Gasteiger partial charge >= 0.3 is 0 Å². The van der Waals surface area contributed by atoms with E-state index in [9.17, 15) is 0 Å². The molecule has 0 spiro atoms. The third-order valence-electron chi connectivity index (χ3n) is 3.15. The van der Waals surface area contributed by atoms with Crippen LogP contribution in [0.4, 0.5) is 0 Å². The summed E-state index contributed by atoms with van der Waals surface area (Å²) in [6.07, 6.45) is 0. The molecule has 0 saturated heterocycles. The molecule has 17 heavy (non-hydrogen) atoms. The van der Waals surface area contributed by atoms with E-state index in [0.29, 0.717) is 0 Å². The van der Waals surface area contributed by atoms with Crippen molar-refractivity contribution in [2.75, 3.05) is 0 Å². The second-order valence-electron chi connectivity index (χ2n) is 4.39. The number of fused-ring (bicyclic) bond motifs is 1. The summed E-state index contributed by atoms with van der Waals surface area (Å²) < 4.78 is 0. The Kier molecular flexibility index (Phi) is 2.41. The van der Waals surface area contributed by atoms with Gasteiger partial charge in [-0.3, -0.25) is 0 Å². The molecule has 1 aromatic carbocycles. The third-order valence-corrected chi connectivity index (χ3v) is 3.15. The molecular weight excluding hydrogens is 204 g/mol. The van der Waals surface area contributed by atoms with E-state index in [1.807, 2.05) is 0 Å². The van der Waals surface area contributed by atoms with Gasteiger partial charge in [-0.2, -0.15) is 0 Å². The van der Waals surface area contributed by atoms with Gasteiger partial charge < -0.3 is 0 Å². The van der Waals surface area contributed by atoms with Crippen molar-refractivity contribution in [1.82, 2.24) is 0 Å². The van der Waals surface area contributed by atoms with E-state index >= 15 is 0 Å². The highest BCUT2D eigenvalue weighted by Gasteiger charge is 2.07. The number of benzene rings is 1. The first-order valence-electron chi connectivity index (χ1n) is 5.89. The standard InChI is InChI=1S/C17H14/c1-13-9-11-15(12-10-13)16-7-3-2-5-14-6-4-8-17(14)16/h2-12H,1H3. The Morgan fingerprint density at radius 3 is 1.82 bits per heavy atom. The average Bonchev–Trinajstić information content (AvgIpc) is 2.71. The fourth-order valence-electron chi connectivity index (χ4n) is 2.21. The van der Waals surface area contributed by atoms with Gasteiger partial charge in [-0.15, -0.1) is 0 Å². The van der Waals surface area contributed by atoms with Gasteiger partial charge in [0.2, 0.25) is 0 Å². The Morgan fingerprint density at radius 1 is 0.529 bits per heavy atom. The highest BCUT2D eigenvalue weighted by Crippen LogP contribution is 2.33. The molecule has 0 bridgehead atoms. The van der Waals surface area contributed by atoms with Crippen LogP contribution in [0.3, 0.4) is 0 Å². The lowest BCUT2D eigenvalue weighted by atomic mass is 9.99. The van der Waals surface area contributed by atoms with Crippen LogP contribution in [-0.4, -0.2) is 0 Å². The van der Waals surface area contributed by atoms with Gasteiger partial charge in [-0.1, -0.05) is 72.3 Å². The lowest BCUT2D eigenvalue weighted by Gasteiger charge is -2.05. The Morgan fingerprint density at radius 2 is 1.06 bits per heavy atom. The SMILES string of the molecule is Cc1ccc(-c2ccccc3cccc2-3)cc1. The predicted octanol–water partition coefficient (Wildman–Crippen LogP) is 4.77.